The summed E-state index contributed by atoms with van der Waals surface area (Å²) in [6, 6.07) is 5.37. The van der Waals surface area contributed by atoms with Crippen molar-refractivity contribution >= 4 is 0 Å². The second-order valence-electron chi connectivity index (χ2n) is 4.25. The van der Waals surface area contributed by atoms with Gasteiger partial charge in [0.25, 0.3) is 0 Å². The van der Waals surface area contributed by atoms with Crippen LogP contribution in [0.3, 0.4) is 0 Å². The number of aromatic nitrogens is 2. The van der Waals surface area contributed by atoms with Gasteiger partial charge in [-0.15, -0.1) is 0 Å². The molecule has 6 nitrogen and oxygen atoms in total. The van der Waals surface area contributed by atoms with Crippen LogP contribution in [0.1, 0.15) is 17.3 Å². The first kappa shape index (κ1) is 15.1. The van der Waals surface area contributed by atoms with Gasteiger partial charge >= 0.3 is 0 Å². The van der Waals surface area contributed by atoms with Crippen molar-refractivity contribution in [2.24, 2.45) is 0 Å². The van der Waals surface area contributed by atoms with Gasteiger partial charge < -0.3 is 19.5 Å². The second-order valence-corrected chi connectivity index (χ2v) is 4.25. The molecule has 1 heterocycles. The summed E-state index contributed by atoms with van der Waals surface area (Å²) in [6.45, 7) is 0. The first-order chi connectivity index (χ1) is 10.3. The minimum atomic E-state index is -0.264. The smallest absolute Gasteiger partial charge is 0.237 e. The summed E-state index contributed by atoms with van der Waals surface area (Å²) in [7, 11) is 6.65. The third kappa shape index (κ3) is 2.90. The van der Waals surface area contributed by atoms with E-state index in [0.717, 1.165) is 5.56 Å². The van der Waals surface area contributed by atoms with Crippen molar-refractivity contribution in [3.63, 3.8) is 0 Å². The van der Waals surface area contributed by atoms with Crippen LogP contribution in [0.2, 0.25) is 0 Å². The topological polar surface area (TPSA) is 65.5 Å². The van der Waals surface area contributed by atoms with Crippen molar-refractivity contribution in [1.82, 2.24) is 15.3 Å². The Labute approximate surface area is 124 Å². The van der Waals surface area contributed by atoms with E-state index in [1.165, 1.54) is 0 Å². The maximum Gasteiger partial charge on any atom is 0.237 e. The Bertz CT molecular complexity index is 582. The molecular formula is C15H19N3O3. The third-order valence-electron chi connectivity index (χ3n) is 3.20. The largest absolute Gasteiger partial charge is 0.496 e. The summed E-state index contributed by atoms with van der Waals surface area (Å²) in [6.07, 6.45) is 3.22. The summed E-state index contributed by atoms with van der Waals surface area (Å²) in [5.41, 5.74) is 1.52. The highest BCUT2D eigenvalue weighted by molar-refractivity contribution is 5.50. The molecule has 0 amide bonds. The van der Waals surface area contributed by atoms with Crippen molar-refractivity contribution in [3.8, 4) is 17.4 Å². The fourth-order valence-corrected chi connectivity index (χ4v) is 2.27. The van der Waals surface area contributed by atoms with Crippen molar-refractivity contribution in [3.05, 3.63) is 41.9 Å². The number of nitrogens with zero attached hydrogens (tertiary/aromatic N) is 2. The normalized spacial score (nSPS) is 11.8. The van der Waals surface area contributed by atoms with Crippen molar-refractivity contribution in [2.75, 3.05) is 28.4 Å². The zero-order valence-corrected chi connectivity index (χ0v) is 12.6. The first-order valence-electron chi connectivity index (χ1n) is 6.49. The molecule has 0 aliphatic carbocycles. The minimum Gasteiger partial charge on any atom is -0.496 e. The molecule has 2 aromatic rings. The van der Waals surface area contributed by atoms with E-state index in [9.17, 15) is 0 Å². The molecule has 0 spiro atoms. The maximum atomic E-state index is 5.46. The first-order valence-corrected chi connectivity index (χ1v) is 6.49. The summed E-state index contributed by atoms with van der Waals surface area (Å²) < 4.78 is 16.2. The van der Waals surface area contributed by atoms with Crippen LogP contribution in [0.4, 0.5) is 0 Å². The molecule has 1 atom stereocenters. The SMILES string of the molecule is CNC(c1nccnc1OC)c1c(OC)cccc1OC. The Morgan fingerprint density at radius 2 is 1.57 bits per heavy atom. The van der Waals surface area contributed by atoms with Crippen LogP contribution in [0.25, 0.3) is 0 Å². The fourth-order valence-electron chi connectivity index (χ4n) is 2.27. The lowest BCUT2D eigenvalue weighted by Gasteiger charge is -2.22. The van der Waals surface area contributed by atoms with E-state index in [1.54, 1.807) is 33.7 Å². The molecule has 1 N–H and O–H groups in total. The Hall–Kier alpha value is -2.34. The van der Waals surface area contributed by atoms with Crippen LogP contribution < -0.4 is 19.5 Å². The van der Waals surface area contributed by atoms with Gasteiger partial charge in [0.2, 0.25) is 5.88 Å². The number of hydrogen-bond donors (Lipinski definition) is 1. The highest BCUT2D eigenvalue weighted by atomic mass is 16.5. The van der Waals surface area contributed by atoms with E-state index in [-0.39, 0.29) is 6.04 Å². The van der Waals surface area contributed by atoms with Crippen LogP contribution in [-0.2, 0) is 0 Å². The summed E-state index contributed by atoms with van der Waals surface area (Å²) in [4.78, 5) is 8.58. The van der Waals surface area contributed by atoms with Crippen LogP contribution in [0, 0.1) is 0 Å². The van der Waals surface area contributed by atoms with Crippen LogP contribution >= 0.6 is 0 Å². The molecule has 1 aromatic heterocycles. The lowest BCUT2D eigenvalue weighted by Crippen LogP contribution is -2.21. The Morgan fingerprint density at radius 3 is 2.10 bits per heavy atom. The van der Waals surface area contributed by atoms with E-state index in [1.807, 2.05) is 25.2 Å². The molecular weight excluding hydrogens is 270 g/mol. The van der Waals surface area contributed by atoms with Crippen molar-refractivity contribution < 1.29 is 14.2 Å². The molecule has 1 aromatic carbocycles. The van der Waals surface area contributed by atoms with E-state index < -0.39 is 0 Å². The number of methoxy groups -OCH3 is 3. The Kier molecular flexibility index (Phi) is 4.94. The molecule has 112 valence electrons. The monoisotopic (exact) mass is 289 g/mol. The van der Waals surface area contributed by atoms with Gasteiger partial charge in [0.1, 0.15) is 17.2 Å². The van der Waals surface area contributed by atoms with Gasteiger partial charge in [0.05, 0.1) is 32.9 Å². The van der Waals surface area contributed by atoms with E-state index >= 15 is 0 Å². The summed E-state index contributed by atoms with van der Waals surface area (Å²) in [5.74, 6) is 1.88. The molecule has 0 bridgehead atoms. The number of rotatable bonds is 6. The average Bonchev–Trinajstić information content (AvgIpc) is 2.56. The quantitative estimate of drug-likeness (QED) is 0.875. The number of benzene rings is 1. The molecule has 0 saturated carbocycles. The zero-order chi connectivity index (χ0) is 15.2. The van der Waals surface area contributed by atoms with E-state index in [0.29, 0.717) is 23.1 Å². The molecule has 0 aliphatic rings. The molecule has 21 heavy (non-hydrogen) atoms. The summed E-state index contributed by atoms with van der Waals surface area (Å²) in [5, 5.41) is 3.22. The molecule has 6 heteroatoms. The third-order valence-corrected chi connectivity index (χ3v) is 3.20. The maximum absolute atomic E-state index is 5.46. The van der Waals surface area contributed by atoms with Gasteiger partial charge in [0, 0.05) is 12.4 Å². The summed E-state index contributed by atoms with van der Waals surface area (Å²) >= 11 is 0. The predicted octanol–water partition coefficient (Wildman–Crippen LogP) is 1.81. The minimum absolute atomic E-state index is 0.264. The van der Waals surface area contributed by atoms with Gasteiger partial charge in [-0.3, -0.25) is 4.98 Å². The standard InChI is InChI=1S/C15H19N3O3/c1-16-13(14-15(21-4)18-9-8-17-14)12-10(19-2)6-5-7-11(12)20-3/h5-9,13,16H,1-4H3. The second kappa shape index (κ2) is 6.90. The molecule has 0 radical (unpaired) electrons. The average molecular weight is 289 g/mol. The Balaban J connectivity index is 2.61. The van der Waals surface area contributed by atoms with Gasteiger partial charge in [0.15, 0.2) is 0 Å². The van der Waals surface area contributed by atoms with E-state index in [4.69, 9.17) is 14.2 Å². The molecule has 0 saturated heterocycles. The molecule has 0 aliphatic heterocycles. The van der Waals surface area contributed by atoms with Crippen molar-refractivity contribution in [1.29, 1.82) is 0 Å². The number of nitrogens with one attached hydrogen (secondary N) is 1. The van der Waals surface area contributed by atoms with E-state index in [2.05, 4.69) is 15.3 Å². The highest BCUT2D eigenvalue weighted by Crippen LogP contribution is 2.38. The van der Waals surface area contributed by atoms with Crippen molar-refractivity contribution in [2.45, 2.75) is 6.04 Å². The van der Waals surface area contributed by atoms with Gasteiger partial charge in [-0.1, -0.05) is 6.07 Å². The molecule has 2 rings (SSSR count). The lowest BCUT2D eigenvalue weighted by molar-refractivity contribution is 0.367. The van der Waals surface area contributed by atoms with Gasteiger partial charge in [-0.25, -0.2) is 4.98 Å². The van der Waals surface area contributed by atoms with Gasteiger partial charge in [-0.2, -0.15) is 0 Å². The molecule has 1 unspecified atom stereocenters. The molecule has 0 fully saturated rings. The lowest BCUT2D eigenvalue weighted by atomic mass is 10.0. The Morgan fingerprint density at radius 1 is 0.952 bits per heavy atom. The van der Waals surface area contributed by atoms with Crippen LogP contribution in [0.5, 0.6) is 17.4 Å². The fraction of sp³-hybridized carbons (Fsp3) is 0.333. The number of hydrogen-bond acceptors (Lipinski definition) is 6. The predicted molar refractivity (Wildman–Crippen MR) is 79.0 cm³/mol. The van der Waals surface area contributed by atoms with Crippen LogP contribution in [-0.4, -0.2) is 38.3 Å². The highest BCUT2D eigenvalue weighted by Gasteiger charge is 2.25. The van der Waals surface area contributed by atoms with Crippen LogP contribution in [0.15, 0.2) is 30.6 Å². The van der Waals surface area contributed by atoms with Gasteiger partial charge in [-0.05, 0) is 19.2 Å². The number of ether oxygens (including phenoxy) is 3. The zero-order valence-electron chi connectivity index (χ0n) is 12.6.